The van der Waals surface area contributed by atoms with Crippen molar-refractivity contribution in [1.82, 2.24) is 0 Å². The third kappa shape index (κ3) is 2.73. The highest BCUT2D eigenvalue weighted by atomic mass is 18.2. The maximum Gasteiger partial charge on any atom is 0.315 e. The Bertz CT molecular complexity index is 745. The monoisotopic (exact) mass is 304 g/mol. The smallest absolute Gasteiger partial charge is 0.315 e. The molecular weight excluding hydrogens is 292 g/mol. The van der Waals surface area contributed by atoms with Crippen LogP contribution in [0, 0.1) is 15.9 Å². The molecule has 0 aliphatic heterocycles. The summed E-state index contributed by atoms with van der Waals surface area (Å²) in [7, 11) is 2.54. The van der Waals surface area contributed by atoms with Gasteiger partial charge < -0.3 is 9.47 Å². The van der Waals surface area contributed by atoms with Gasteiger partial charge in [-0.25, -0.2) is 4.39 Å². The van der Waals surface area contributed by atoms with E-state index in [4.69, 9.17) is 9.47 Å². The van der Waals surface area contributed by atoms with Crippen LogP contribution < -0.4 is 9.47 Å². The van der Waals surface area contributed by atoms with Gasteiger partial charge in [-0.2, -0.15) is 0 Å². The van der Waals surface area contributed by atoms with E-state index in [1.54, 1.807) is 0 Å². The number of ketones is 1. The molecule has 0 fully saturated rings. The summed E-state index contributed by atoms with van der Waals surface area (Å²) >= 11 is 0. The van der Waals surface area contributed by atoms with Crippen LogP contribution in [0.25, 0.3) is 0 Å². The van der Waals surface area contributed by atoms with Gasteiger partial charge >= 0.3 is 5.69 Å². The van der Waals surface area contributed by atoms with Crippen molar-refractivity contribution in [3.05, 3.63) is 63.5 Å². The van der Waals surface area contributed by atoms with E-state index in [1.807, 2.05) is 0 Å². The summed E-state index contributed by atoms with van der Waals surface area (Å²) in [5.74, 6) is -1.46. The van der Waals surface area contributed by atoms with Crippen LogP contribution in [0.2, 0.25) is 0 Å². The largest absolute Gasteiger partial charge is 0.493 e. The Hall–Kier alpha value is -2.96. The Morgan fingerprint density at radius 1 is 1.18 bits per heavy atom. The molecule has 7 heteroatoms. The second-order valence-corrected chi connectivity index (χ2v) is 4.30. The molecule has 0 N–H and O–H groups in total. The van der Waals surface area contributed by atoms with Crippen molar-refractivity contribution < 1.29 is 23.6 Å². The molecule has 0 unspecified atom stereocenters. The quantitative estimate of drug-likeness (QED) is 0.482. The van der Waals surface area contributed by atoms with Crippen molar-refractivity contribution in [1.29, 1.82) is 0 Å². The molecule has 2 rings (SSSR count). The Labute approximate surface area is 125 Å². The van der Waals surface area contributed by atoms with Crippen LogP contribution in [-0.2, 0) is 0 Å². The molecule has 0 bridgehead atoms. The van der Waals surface area contributed by atoms with E-state index in [-0.39, 0.29) is 22.6 Å². The summed E-state index contributed by atoms with van der Waals surface area (Å²) in [6.07, 6.45) is 0. The molecule has 0 radical (unpaired) electrons. The number of hydrogen-bond donors (Lipinski definition) is 0. The first-order chi connectivity index (χ1) is 10.5. The van der Waals surface area contributed by atoms with E-state index in [9.17, 15) is 19.3 Å². The first-order valence-electron chi connectivity index (χ1n) is 6.19. The van der Waals surface area contributed by atoms with Crippen LogP contribution >= 0.6 is 0 Å². The molecule has 6 nitrogen and oxygen atoms in total. The lowest BCUT2D eigenvalue weighted by Gasteiger charge is -2.10. The highest BCUT2D eigenvalue weighted by Gasteiger charge is 2.25. The number of nitrogens with zero attached hydrogens (tertiary/aromatic N) is 1. The number of nitro groups is 1. The van der Waals surface area contributed by atoms with Gasteiger partial charge in [-0.15, -0.1) is 0 Å². The minimum absolute atomic E-state index is 0.0244. The average Bonchev–Trinajstić information content (AvgIpc) is 2.53. The maximum absolute atomic E-state index is 13.7. The lowest BCUT2D eigenvalue weighted by Crippen LogP contribution is -2.06. The van der Waals surface area contributed by atoms with Crippen molar-refractivity contribution >= 4 is 11.5 Å². The number of carbonyl (C=O) groups is 1. The van der Waals surface area contributed by atoms with Gasteiger partial charge in [0.15, 0.2) is 11.5 Å². The molecule has 2 aromatic carbocycles. The minimum Gasteiger partial charge on any atom is -0.493 e. The number of benzene rings is 2. The van der Waals surface area contributed by atoms with Crippen LogP contribution in [0.15, 0.2) is 36.4 Å². The van der Waals surface area contributed by atoms with E-state index in [0.29, 0.717) is 0 Å². The van der Waals surface area contributed by atoms with Crippen LogP contribution in [0.3, 0.4) is 0 Å². The standard InChI is InChI=1S/C15H12FNO5/c1-21-13-8-9(7-12(17(19)20)15(13)22-2)14(18)10-5-3-4-6-11(10)16/h3-8H,1-2H3/i16-1. The molecule has 0 atom stereocenters. The van der Waals surface area contributed by atoms with Crippen molar-refractivity contribution in [2.75, 3.05) is 14.2 Å². The lowest BCUT2D eigenvalue weighted by atomic mass is 10.0. The first-order valence-corrected chi connectivity index (χ1v) is 6.19. The van der Waals surface area contributed by atoms with E-state index < -0.39 is 22.2 Å². The predicted octanol–water partition coefficient (Wildman–Crippen LogP) is 2.98. The molecule has 2 aromatic rings. The van der Waals surface area contributed by atoms with Crippen LogP contribution in [-0.4, -0.2) is 24.9 Å². The number of halogens is 1. The molecule has 0 saturated heterocycles. The Morgan fingerprint density at radius 3 is 2.41 bits per heavy atom. The normalized spacial score (nSPS) is 10.1. The molecule has 0 amide bonds. The van der Waals surface area contributed by atoms with Crippen LogP contribution in [0.5, 0.6) is 11.5 Å². The fourth-order valence-corrected chi connectivity index (χ4v) is 2.01. The average molecular weight is 304 g/mol. The Kier molecular flexibility index (Phi) is 4.36. The second-order valence-electron chi connectivity index (χ2n) is 4.30. The zero-order valence-electron chi connectivity index (χ0n) is 11.8. The highest BCUT2D eigenvalue weighted by molar-refractivity contribution is 6.10. The van der Waals surface area contributed by atoms with E-state index in [2.05, 4.69) is 0 Å². The van der Waals surface area contributed by atoms with Crippen LogP contribution in [0.4, 0.5) is 10.1 Å². The second kappa shape index (κ2) is 6.21. The Morgan fingerprint density at radius 2 is 1.86 bits per heavy atom. The summed E-state index contributed by atoms with van der Waals surface area (Å²) in [5.41, 5.74) is -0.667. The molecule has 0 aromatic heterocycles. The molecule has 0 heterocycles. The minimum atomic E-state index is -0.704. The zero-order chi connectivity index (χ0) is 16.3. The Balaban J connectivity index is 2.61. The number of ether oxygens (including phenoxy) is 2. The maximum atomic E-state index is 13.7. The molecule has 0 aliphatic rings. The number of hydrogen-bond acceptors (Lipinski definition) is 5. The fraction of sp³-hybridized carbons (Fsp3) is 0.133. The molecule has 0 aliphatic carbocycles. The third-order valence-corrected chi connectivity index (χ3v) is 3.04. The number of nitro benzene ring substituents is 1. The van der Waals surface area contributed by atoms with Gasteiger partial charge in [-0.3, -0.25) is 14.9 Å². The lowest BCUT2D eigenvalue weighted by molar-refractivity contribution is -0.385. The molecule has 114 valence electrons. The third-order valence-electron chi connectivity index (χ3n) is 3.04. The molecular formula is C15H12FNO5. The van der Waals surface area contributed by atoms with Gasteiger partial charge in [0.05, 0.1) is 24.7 Å². The first kappa shape index (κ1) is 15.4. The number of methoxy groups -OCH3 is 2. The van der Waals surface area contributed by atoms with Gasteiger partial charge in [-0.05, 0) is 18.2 Å². The van der Waals surface area contributed by atoms with E-state index in [1.165, 1.54) is 38.5 Å². The van der Waals surface area contributed by atoms with Gasteiger partial charge in [-0.1, -0.05) is 12.1 Å². The van der Waals surface area contributed by atoms with E-state index in [0.717, 1.165) is 12.1 Å². The topological polar surface area (TPSA) is 78.7 Å². The van der Waals surface area contributed by atoms with Gasteiger partial charge in [0.25, 0.3) is 0 Å². The fourth-order valence-electron chi connectivity index (χ4n) is 2.01. The van der Waals surface area contributed by atoms with Gasteiger partial charge in [0.1, 0.15) is 5.82 Å². The van der Waals surface area contributed by atoms with Crippen molar-refractivity contribution in [3.8, 4) is 11.5 Å². The number of rotatable bonds is 5. The molecule has 0 saturated carbocycles. The van der Waals surface area contributed by atoms with Crippen molar-refractivity contribution in [2.24, 2.45) is 0 Å². The highest BCUT2D eigenvalue weighted by Crippen LogP contribution is 2.38. The zero-order valence-corrected chi connectivity index (χ0v) is 11.8. The van der Waals surface area contributed by atoms with E-state index >= 15 is 0 Å². The van der Waals surface area contributed by atoms with Gasteiger partial charge in [0.2, 0.25) is 5.75 Å². The summed E-state index contributed by atoms with van der Waals surface area (Å²) < 4.78 is 23.7. The van der Waals surface area contributed by atoms with Crippen LogP contribution in [0.1, 0.15) is 15.9 Å². The van der Waals surface area contributed by atoms with Crippen molar-refractivity contribution in [3.63, 3.8) is 0 Å². The summed E-state index contributed by atoms with van der Waals surface area (Å²) in [6, 6.07) is 7.72. The predicted molar refractivity (Wildman–Crippen MR) is 76.0 cm³/mol. The molecule has 22 heavy (non-hydrogen) atoms. The summed E-state index contributed by atoms with van der Waals surface area (Å²) in [4.78, 5) is 22.8. The SMILES string of the molecule is COc1cc(C(=O)c2ccccc2[18F])cc([N+](=O)[O-])c1OC. The van der Waals surface area contributed by atoms with Gasteiger partial charge in [0, 0.05) is 11.6 Å². The van der Waals surface area contributed by atoms with Crippen molar-refractivity contribution in [2.45, 2.75) is 0 Å². The number of carbonyl (C=O) groups excluding carboxylic acids is 1. The summed E-state index contributed by atoms with van der Waals surface area (Å²) in [5, 5.41) is 11.1. The summed E-state index contributed by atoms with van der Waals surface area (Å²) in [6.45, 7) is 0. The molecule has 0 spiro atoms.